The van der Waals surface area contributed by atoms with Crippen molar-refractivity contribution in [3.8, 4) is 0 Å². The van der Waals surface area contributed by atoms with Crippen LogP contribution >= 0.6 is 15.9 Å². The Morgan fingerprint density at radius 2 is 2.17 bits per heavy atom. The number of halogens is 1. The van der Waals surface area contributed by atoms with Crippen molar-refractivity contribution in [3.63, 3.8) is 0 Å². The predicted molar refractivity (Wildman–Crippen MR) is 50.4 cm³/mol. The first kappa shape index (κ1) is 9.99. The van der Waals surface area contributed by atoms with Gasteiger partial charge >= 0.3 is 0 Å². The second kappa shape index (κ2) is 4.82. The third-order valence-electron chi connectivity index (χ3n) is 1.95. The molecule has 0 unspecified atom stereocenters. The number of carbonyl (C=O) groups excluding carboxylic acids is 1. The van der Waals surface area contributed by atoms with Crippen LogP contribution in [0.1, 0.15) is 13.3 Å². The summed E-state index contributed by atoms with van der Waals surface area (Å²) in [5.74, 6) is 0.195. The van der Waals surface area contributed by atoms with Gasteiger partial charge in [0.2, 0.25) is 5.91 Å². The van der Waals surface area contributed by atoms with E-state index in [1.54, 1.807) is 0 Å². The minimum atomic E-state index is -0.0180. The summed E-state index contributed by atoms with van der Waals surface area (Å²) in [7, 11) is 0. The molecule has 0 aromatic rings. The molecule has 0 bridgehead atoms. The second-order valence-corrected chi connectivity index (χ2v) is 3.92. The zero-order valence-corrected chi connectivity index (χ0v) is 8.84. The van der Waals surface area contributed by atoms with Gasteiger partial charge in [0.15, 0.2) is 0 Å². The van der Waals surface area contributed by atoms with E-state index in [-0.39, 0.29) is 10.7 Å². The molecule has 1 aliphatic heterocycles. The lowest BCUT2D eigenvalue weighted by Gasteiger charge is -2.28. The van der Waals surface area contributed by atoms with Gasteiger partial charge in [-0.2, -0.15) is 0 Å². The van der Waals surface area contributed by atoms with Gasteiger partial charge in [0.05, 0.1) is 18.0 Å². The van der Waals surface area contributed by atoms with Crippen molar-refractivity contribution in [2.45, 2.75) is 18.2 Å². The van der Waals surface area contributed by atoms with Crippen LogP contribution in [-0.2, 0) is 9.53 Å². The van der Waals surface area contributed by atoms with Crippen molar-refractivity contribution < 1.29 is 9.53 Å². The van der Waals surface area contributed by atoms with Gasteiger partial charge in [-0.1, -0.05) is 22.9 Å². The summed E-state index contributed by atoms with van der Waals surface area (Å²) in [6, 6.07) is 0. The molecule has 0 N–H and O–H groups in total. The van der Waals surface area contributed by atoms with Crippen LogP contribution in [0.2, 0.25) is 0 Å². The van der Waals surface area contributed by atoms with Crippen molar-refractivity contribution in [2.24, 2.45) is 0 Å². The van der Waals surface area contributed by atoms with E-state index >= 15 is 0 Å². The largest absolute Gasteiger partial charge is 0.378 e. The zero-order chi connectivity index (χ0) is 8.97. The SMILES string of the molecule is CC[C@@H](Br)C(=O)N1CCOCC1. The Morgan fingerprint density at radius 3 is 2.67 bits per heavy atom. The molecule has 0 aliphatic carbocycles. The second-order valence-electron chi connectivity index (χ2n) is 2.81. The molecule has 1 amide bonds. The van der Waals surface area contributed by atoms with E-state index in [1.165, 1.54) is 0 Å². The minimum absolute atomic E-state index is 0.0180. The summed E-state index contributed by atoms with van der Waals surface area (Å²) in [5, 5.41) is 0. The number of hydrogen-bond donors (Lipinski definition) is 0. The molecule has 1 saturated heterocycles. The molecular weight excluding hydrogens is 222 g/mol. The Morgan fingerprint density at radius 1 is 1.58 bits per heavy atom. The van der Waals surface area contributed by atoms with E-state index < -0.39 is 0 Å². The average Bonchev–Trinajstić information content (AvgIpc) is 2.17. The average molecular weight is 236 g/mol. The van der Waals surface area contributed by atoms with Gasteiger partial charge in [0.1, 0.15) is 0 Å². The molecular formula is C8H14BrNO2. The number of hydrogen-bond acceptors (Lipinski definition) is 2. The van der Waals surface area contributed by atoms with E-state index in [1.807, 2.05) is 11.8 Å². The highest BCUT2D eigenvalue weighted by atomic mass is 79.9. The zero-order valence-electron chi connectivity index (χ0n) is 7.25. The number of rotatable bonds is 2. The van der Waals surface area contributed by atoms with E-state index in [0.29, 0.717) is 13.2 Å². The third-order valence-corrected chi connectivity index (χ3v) is 2.99. The van der Waals surface area contributed by atoms with Gasteiger partial charge in [0.25, 0.3) is 0 Å². The Balaban J connectivity index is 2.39. The van der Waals surface area contributed by atoms with E-state index in [0.717, 1.165) is 19.5 Å². The fraction of sp³-hybridized carbons (Fsp3) is 0.875. The minimum Gasteiger partial charge on any atom is -0.378 e. The van der Waals surface area contributed by atoms with Gasteiger partial charge in [0, 0.05) is 13.1 Å². The van der Waals surface area contributed by atoms with Crippen molar-refractivity contribution in [1.82, 2.24) is 4.90 Å². The van der Waals surface area contributed by atoms with Crippen LogP contribution in [0, 0.1) is 0 Å². The molecule has 0 aromatic carbocycles. The van der Waals surface area contributed by atoms with Crippen molar-refractivity contribution in [3.05, 3.63) is 0 Å². The molecule has 0 spiro atoms. The number of alkyl halides is 1. The van der Waals surface area contributed by atoms with Crippen LogP contribution in [0.25, 0.3) is 0 Å². The van der Waals surface area contributed by atoms with Crippen molar-refractivity contribution in [2.75, 3.05) is 26.3 Å². The molecule has 12 heavy (non-hydrogen) atoms. The Hall–Kier alpha value is -0.0900. The van der Waals surface area contributed by atoms with Crippen LogP contribution in [-0.4, -0.2) is 41.9 Å². The van der Waals surface area contributed by atoms with E-state index in [4.69, 9.17) is 4.74 Å². The first-order valence-corrected chi connectivity index (χ1v) is 5.18. The first-order chi connectivity index (χ1) is 5.75. The normalized spacial score (nSPS) is 20.7. The fourth-order valence-electron chi connectivity index (χ4n) is 1.16. The highest BCUT2D eigenvalue weighted by molar-refractivity contribution is 9.10. The van der Waals surface area contributed by atoms with Gasteiger partial charge in [-0.3, -0.25) is 4.79 Å². The highest BCUT2D eigenvalue weighted by Crippen LogP contribution is 2.10. The van der Waals surface area contributed by atoms with Crippen molar-refractivity contribution >= 4 is 21.8 Å². The summed E-state index contributed by atoms with van der Waals surface area (Å²) >= 11 is 3.35. The maximum absolute atomic E-state index is 11.6. The quantitative estimate of drug-likeness (QED) is 0.670. The Kier molecular flexibility index (Phi) is 4.01. The molecule has 1 atom stereocenters. The number of carbonyl (C=O) groups is 1. The summed E-state index contributed by atoms with van der Waals surface area (Å²) in [5.41, 5.74) is 0. The molecule has 1 fully saturated rings. The molecule has 4 heteroatoms. The fourth-order valence-corrected chi connectivity index (χ4v) is 1.45. The monoisotopic (exact) mass is 235 g/mol. The standard InChI is InChI=1S/C8H14BrNO2/c1-2-7(9)8(11)10-3-5-12-6-4-10/h7H,2-6H2,1H3/t7-/m1/s1. The smallest absolute Gasteiger partial charge is 0.236 e. The lowest BCUT2D eigenvalue weighted by Crippen LogP contribution is -2.43. The topological polar surface area (TPSA) is 29.5 Å². The van der Waals surface area contributed by atoms with Gasteiger partial charge in [-0.25, -0.2) is 0 Å². The predicted octanol–water partition coefficient (Wildman–Crippen LogP) is 1.02. The first-order valence-electron chi connectivity index (χ1n) is 4.26. The molecule has 0 saturated carbocycles. The Bertz CT molecular complexity index is 157. The molecule has 70 valence electrons. The maximum Gasteiger partial charge on any atom is 0.236 e. The van der Waals surface area contributed by atoms with E-state index in [2.05, 4.69) is 15.9 Å². The van der Waals surface area contributed by atoms with Gasteiger partial charge in [-0.15, -0.1) is 0 Å². The lowest BCUT2D eigenvalue weighted by atomic mass is 10.3. The number of nitrogens with zero attached hydrogens (tertiary/aromatic N) is 1. The van der Waals surface area contributed by atoms with Crippen LogP contribution in [0.5, 0.6) is 0 Å². The lowest BCUT2D eigenvalue weighted by molar-refractivity contribution is -0.134. The number of morpholine rings is 1. The number of amides is 1. The summed E-state index contributed by atoms with van der Waals surface area (Å²) in [6.45, 7) is 4.82. The van der Waals surface area contributed by atoms with Gasteiger partial charge < -0.3 is 9.64 Å². The molecule has 0 aromatic heterocycles. The summed E-state index contributed by atoms with van der Waals surface area (Å²) in [6.07, 6.45) is 0.843. The summed E-state index contributed by atoms with van der Waals surface area (Å²) < 4.78 is 5.15. The van der Waals surface area contributed by atoms with Crippen LogP contribution in [0.4, 0.5) is 0 Å². The Labute approximate surface area is 81.2 Å². The van der Waals surface area contributed by atoms with Crippen LogP contribution in [0.15, 0.2) is 0 Å². The molecule has 3 nitrogen and oxygen atoms in total. The molecule has 0 radical (unpaired) electrons. The molecule has 1 heterocycles. The van der Waals surface area contributed by atoms with Crippen LogP contribution in [0.3, 0.4) is 0 Å². The third kappa shape index (κ3) is 2.45. The van der Waals surface area contributed by atoms with Crippen molar-refractivity contribution in [1.29, 1.82) is 0 Å². The maximum atomic E-state index is 11.6. The van der Waals surface area contributed by atoms with Crippen LogP contribution < -0.4 is 0 Å². The molecule has 1 aliphatic rings. The molecule has 1 rings (SSSR count). The number of ether oxygens (including phenoxy) is 1. The van der Waals surface area contributed by atoms with Gasteiger partial charge in [-0.05, 0) is 6.42 Å². The summed E-state index contributed by atoms with van der Waals surface area (Å²) in [4.78, 5) is 13.4. The van der Waals surface area contributed by atoms with E-state index in [9.17, 15) is 4.79 Å². The highest BCUT2D eigenvalue weighted by Gasteiger charge is 2.21.